The molecule has 1 heterocycles. The van der Waals surface area contributed by atoms with Crippen molar-refractivity contribution in [1.82, 2.24) is 4.98 Å². The minimum atomic E-state index is -0.490. The first-order valence-corrected chi connectivity index (χ1v) is 12.3. The summed E-state index contributed by atoms with van der Waals surface area (Å²) in [6, 6.07) is 25.7. The van der Waals surface area contributed by atoms with Gasteiger partial charge in [-0.3, -0.25) is 4.79 Å². The number of H-pyrrole nitrogens is 1. The van der Waals surface area contributed by atoms with Crippen LogP contribution in [0.3, 0.4) is 0 Å². The van der Waals surface area contributed by atoms with Crippen LogP contribution in [-0.4, -0.2) is 16.0 Å². The zero-order valence-corrected chi connectivity index (χ0v) is 21.0. The molecule has 186 valence electrons. The molecule has 5 N–H and O–H groups in total. The predicted octanol–water partition coefficient (Wildman–Crippen LogP) is 8.39. The number of nitrogens with two attached hydrogens (primary N) is 1. The summed E-state index contributed by atoms with van der Waals surface area (Å²) in [5.74, 6) is -0.768. The van der Waals surface area contributed by atoms with Gasteiger partial charge in [0.15, 0.2) is 5.75 Å². The highest BCUT2D eigenvalue weighted by Gasteiger charge is 2.22. The lowest BCUT2D eigenvalue weighted by molar-refractivity contribution is 0.102. The number of carbonyl (C=O) groups is 1. The van der Waals surface area contributed by atoms with Crippen LogP contribution < -0.4 is 11.1 Å². The summed E-state index contributed by atoms with van der Waals surface area (Å²) >= 11 is 6.14. The van der Waals surface area contributed by atoms with Crippen LogP contribution in [0, 0.1) is 6.92 Å². The lowest BCUT2D eigenvalue weighted by Gasteiger charge is -2.13. The first kappa shape index (κ1) is 23.5. The Hall–Kier alpha value is -4.88. The average Bonchev–Trinajstić information content (AvgIpc) is 3.29. The van der Waals surface area contributed by atoms with E-state index >= 15 is 0 Å². The van der Waals surface area contributed by atoms with Gasteiger partial charge >= 0.3 is 0 Å². The quantitative estimate of drug-likeness (QED) is 0.138. The molecule has 0 spiro atoms. The number of carbonyl (C=O) groups excluding carboxylic acids is 1. The van der Waals surface area contributed by atoms with Gasteiger partial charge in [0.05, 0.1) is 16.8 Å². The van der Waals surface area contributed by atoms with Crippen molar-refractivity contribution in [3.8, 4) is 5.75 Å². The van der Waals surface area contributed by atoms with Crippen molar-refractivity contribution in [3.05, 3.63) is 101 Å². The maximum atomic E-state index is 13.4. The third-order valence-electron chi connectivity index (χ3n) is 6.58. The summed E-state index contributed by atoms with van der Waals surface area (Å²) in [6.45, 7) is 1.87. The molecule has 38 heavy (non-hydrogen) atoms. The fraction of sp³-hybridized carbons (Fsp3) is 0.0333. The maximum absolute atomic E-state index is 13.4. The van der Waals surface area contributed by atoms with Crippen molar-refractivity contribution < 1.29 is 9.90 Å². The number of aromatic nitrogens is 1. The number of aryl methyl sites for hydroxylation is 1. The van der Waals surface area contributed by atoms with E-state index in [4.69, 9.17) is 17.3 Å². The molecule has 0 unspecified atom stereocenters. The monoisotopic (exact) mass is 519 g/mol. The summed E-state index contributed by atoms with van der Waals surface area (Å²) in [5, 5.41) is 27.0. The van der Waals surface area contributed by atoms with Crippen molar-refractivity contribution in [2.24, 2.45) is 10.2 Å². The van der Waals surface area contributed by atoms with Crippen molar-refractivity contribution in [2.75, 3.05) is 11.1 Å². The van der Waals surface area contributed by atoms with Crippen LogP contribution in [0.25, 0.3) is 32.6 Å². The number of para-hydroxylation sites is 1. The standard InChI is InChI=1S/C30H22ClN5O2/c1-16-6-8-18(31)15-25(16)34-30(38)23-14-17-7-13-22-21-4-2-3-5-24(21)33-27(22)26(17)28(29(23)37)36-35-20-11-9-19(32)10-12-20/h2-15,33,37H,32H2,1H3,(H,34,38). The molecule has 6 rings (SSSR count). The van der Waals surface area contributed by atoms with Gasteiger partial charge in [-0.25, -0.2) is 0 Å². The van der Waals surface area contributed by atoms with Crippen LogP contribution in [0.2, 0.25) is 5.02 Å². The smallest absolute Gasteiger partial charge is 0.259 e. The zero-order valence-electron chi connectivity index (χ0n) is 20.3. The molecule has 1 amide bonds. The highest BCUT2D eigenvalue weighted by molar-refractivity contribution is 6.31. The summed E-state index contributed by atoms with van der Waals surface area (Å²) in [4.78, 5) is 16.9. The van der Waals surface area contributed by atoms with Crippen molar-refractivity contribution >= 4 is 72.8 Å². The number of hydrogen-bond acceptors (Lipinski definition) is 5. The first-order valence-electron chi connectivity index (χ1n) is 11.9. The molecule has 0 aliphatic carbocycles. The Bertz CT molecular complexity index is 1910. The van der Waals surface area contributed by atoms with Crippen molar-refractivity contribution in [3.63, 3.8) is 0 Å². The molecule has 0 radical (unpaired) electrons. The molecular weight excluding hydrogens is 498 g/mol. The van der Waals surface area contributed by atoms with Crippen LogP contribution in [-0.2, 0) is 0 Å². The third kappa shape index (κ3) is 4.09. The zero-order chi connectivity index (χ0) is 26.4. The summed E-state index contributed by atoms with van der Waals surface area (Å²) < 4.78 is 0. The Labute approximate surface area is 222 Å². The summed E-state index contributed by atoms with van der Waals surface area (Å²) in [5.41, 5.74) is 10.4. The molecule has 0 atom stereocenters. The molecule has 0 saturated heterocycles. The number of nitrogens with one attached hydrogen (secondary N) is 2. The van der Waals surface area contributed by atoms with Gasteiger partial charge in [0.2, 0.25) is 0 Å². The number of benzene rings is 5. The Kier molecular flexibility index (Phi) is 5.70. The minimum Gasteiger partial charge on any atom is -0.505 e. The minimum absolute atomic E-state index is 0.0681. The highest BCUT2D eigenvalue weighted by atomic mass is 35.5. The number of phenols is 1. The number of nitrogen functional groups attached to an aromatic ring is 1. The molecule has 6 aromatic rings. The highest BCUT2D eigenvalue weighted by Crippen LogP contribution is 2.44. The van der Waals surface area contributed by atoms with Gasteiger partial charge in [-0.15, -0.1) is 5.11 Å². The molecular formula is C30H22ClN5O2. The number of halogens is 1. The van der Waals surface area contributed by atoms with Gasteiger partial charge in [0.1, 0.15) is 5.69 Å². The Morgan fingerprint density at radius 3 is 2.55 bits per heavy atom. The van der Waals surface area contributed by atoms with Gasteiger partial charge < -0.3 is 21.1 Å². The number of amides is 1. The largest absolute Gasteiger partial charge is 0.505 e. The molecule has 0 bridgehead atoms. The van der Waals surface area contributed by atoms with Crippen LogP contribution in [0.5, 0.6) is 5.75 Å². The molecule has 7 nitrogen and oxygen atoms in total. The number of nitrogens with zero attached hydrogens (tertiary/aromatic N) is 2. The van der Waals surface area contributed by atoms with E-state index < -0.39 is 5.91 Å². The number of azo groups is 1. The number of phenolic OH excluding ortho intramolecular Hbond substituents is 1. The maximum Gasteiger partial charge on any atom is 0.259 e. The van der Waals surface area contributed by atoms with E-state index in [-0.39, 0.29) is 17.0 Å². The predicted molar refractivity (Wildman–Crippen MR) is 154 cm³/mol. The number of aromatic hydroxyl groups is 1. The van der Waals surface area contributed by atoms with Gasteiger partial charge in [-0.1, -0.05) is 48.0 Å². The van der Waals surface area contributed by atoms with Crippen LogP contribution >= 0.6 is 11.6 Å². The van der Waals surface area contributed by atoms with E-state index in [9.17, 15) is 9.90 Å². The van der Waals surface area contributed by atoms with E-state index in [1.165, 1.54) is 0 Å². The number of fused-ring (bicyclic) bond motifs is 5. The SMILES string of the molecule is Cc1ccc(Cl)cc1NC(=O)c1cc2ccc3c4ccccc4[nH]c3c2c(N=Nc2ccc(N)cc2)c1O. The number of anilines is 2. The van der Waals surface area contributed by atoms with E-state index in [1.54, 1.807) is 42.5 Å². The van der Waals surface area contributed by atoms with Crippen LogP contribution in [0.4, 0.5) is 22.7 Å². The summed E-state index contributed by atoms with van der Waals surface area (Å²) in [6.07, 6.45) is 0. The van der Waals surface area contributed by atoms with Gasteiger partial charge in [-0.2, -0.15) is 5.11 Å². The second-order valence-electron chi connectivity index (χ2n) is 9.08. The molecule has 0 aliphatic rings. The van der Waals surface area contributed by atoms with E-state index in [2.05, 4.69) is 20.5 Å². The lowest BCUT2D eigenvalue weighted by atomic mass is 10.00. The molecule has 8 heteroatoms. The number of aromatic amines is 1. The Morgan fingerprint density at radius 1 is 0.947 bits per heavy atom. The Balaban J connectivity index is 1.57. The average molecular weight is 520 g/mol. The third-order valence-corrected chi connectivity index (χ3v) is 6.82. The molecule has 0 aliphatic heterocycles. The van der Waals surface area contributed by atoms with Gasteiger partial charge in [0, 0.05) is 38.1 Å². The van der Waals surface area contributed by atoms with E-state index in [0.717, 1.165) is 32.8 Å². The second kappa shape index (κ2) is 9.21. The van der Waals surface area contributed by atoms with E-state index in [0.29, 0.717) is 27.5 Å². The van der Waals surface area contributed by atoms with Crippen LogP contribution in [0.1, 0.15) is 15.9 Å². The second-order valence-corrected chi connectivity index (χ2v) is 9.52. The van der Waals surface area contributed by atoms with Gasteiger partial charge in [0.25, 0.3) is 5.91 Å². The fourth-order valence-electron chi connectivity index (χ4n) is 4.62. The van der Waals surface area contributed by atoms with Crippen molar-refractivity contribution in [1.29, 1.82) is 0 Å². The number of rotatable bonds is 4. The molecule has 5 aromatic carbocycles. The Morgan fingerprint density at radius 2 is 1.74 bits per heavy atom. The first-order chi connectivity index (χ1) is 18.4. The summed E-state index contributed by atoms with van der Waals surface area (Å²) in [7, 11) is 0. The topological polar surface area (TPSA) is 116 Å². The molecule has 0 saturated carbocycles. The fourth-order valence-corrected chi connectivity index (χ4v) is 4.79. The lowest BCUT2D eigenvalue weighted by Crippen LogP contribution is -2.13. The number of hydrogen-bond donors (Lipinski definition) is 4. The van der Waals surface area contributed by atoms with Crippen LogP contribution in [0.15, 0.2) is 95.2 Å². The molecule has 0 fully saturated rings. The van der Waals surface area contributed by atoms with E-state index in [1.807, 2.05) is 49.4 Å². The van der Waals surface area contributed by atoms with Gasteiger partial charge in [-0.05, 0) is 66.4 Å². The molecule has 1 aromatic heterocycles. The van der Waals surface area contributed by atoms with Crippen molar-refractivity contribution in [2.45, 2.75) is 6.92 Å². The normalized spacial score (nSPS) is 11.6.